The molecule has 0 saturated carbocycles. The normalized spacial score (nSPS) is 10.9. The molecule has 2 aromatic heterocycles. The topological polar surface area (TPSA) is 54.9 Å². The van der Waals surface area contributed by atoms with Crippen LogP contribution in [0.25, 0.3) is 10.9 Å². The highest BCUT2D eigenvalue weighted by Gasteiger charge is 2.16. The zero-order chi connectivity index (χ0) is 18.8. The first-order valence-electron chi connectivity index (χ1n) is 8.46. The van der Waals surface area contributed by atoms with E-state index in [1.165, 1.54) is 23.5 Å². The Labute approximate surface area is 159 Å². The lowest BCUT2D eigenvalue weighted by Crippen LogP contribution is -2.11. The largest absolute Gasteiger partial charge is 0.321 e. The van der Waals surface area contributed by atoms with Gasteiger partial charge in [-0.3, -0.25) is 9.78 Å². The van der Waals surface area contributed by atoms with Crippen molar-refractivity contribution in [3.63, 3.8) is 0 Å². The van der Waals surface area contributed by atoms with Gasteiger partial charge in [0.15, 0.2) is 0 Å². The lowest BCUT2D eigenvalue weighted by atomic mass is 10.1. The van der Waals surface area contributed by atoms with E-state index in [2.05, 4.69) is 15.3 Å². The summed E-state index contributed by atoms with van der Waals surface area (Å²) in [6, 6.07) is 15.7. The zero-order valence-electron chi connectivity index (χ0n) is 14.6. The highest BCUT2D eigenvalue weighted by atomic mass is 32.1. The molecule has 0 fully saturated rings. The number of hydrogen-bond acceptors (Lipinski definition) is 4. The predicted molar refractivity (Wildman–Crippen MR) is 106 cm³/mol. The number of anilines is 1. The third kappa shape index (κ3) is 3.71. The molecule has 0 aliphatic heterocycles. The average molecular weight is 377 g/mol. The Morgan fingerprint density at radius 3 is 2.74 bits per heavy atom. The molecule has 0 spiro atoms. The van der Waals surface area contributed by atoms with E-state index in [-0.39, 0.29) is 11.7 Å². The molecule has 1 amide bonds. The molecule has 2 heterocycles. The number of aryl methyl sites for hydroxylation is 1. The minimum atomic E-state index is -0.265. The minimum Gasteiger partial charge on any atom is -0.321 e. The summed E-state index contributed by atoms with van der Waals surface area (Å²) in [5, 5.41) is 4.68. The molecule has 4 rings (SSSR count). The van der Waals surface area contributed by atoms with E-state index in [1.807, 2.05) is 37.3 Å². The fourth-order valence-corrected chi connectivity index (χ4v) is 3.90. The van der Waals surface area contributed by atoms with Crippen molar-refractivity contribution in [3.05, 3.63) is 87.8 Å². The van der Waals surface area contributed by atoms with E-state index >= 15 is 0 Å². The van der Waals surface area contributed by atoms with E-state index in [9.17, 15) is 9.18 Å². The van der Waals surface area contributed by atoms with Crippen LogP contribution in [-0.2, 0) is 6.42 Å². The lowest BCUT2D eigenvalue weighted by molar-refractivity contribution is 0.103. The van der Waals surface area contributed by atoms with Gasteiger partial charge in [-0.1, -0.05) is 18.2 Å². The SMILES string of the molecule is Cc1nc(Cc2ccc(F)cc2)sc1C(=O)Nc1cccc2ncccc12. The van der Waals surface area contributed by atoms with Gasteiger partial charge in [0, 0.05) is 18.0 Å². The number of nitrogens with one attached hydrogen (secondary N) is 1. The van der Waals surface area contributed by atoms with E-state index < -0.39 is 0 Å². The van der Waals surface area contributed by atoms with Crippen molar-refractivity contribution >= 4 is 33.8 Å². The average Bonchev–Trinajstić information content (AvgIpc) is 3.04. The Morgan fingerprint density at radius 2 is 1.93 bits per heavy atom. The van der Waals surface area contributed by atoms with Gasteiger partial charge in [0.25, 0.3) is 5.91 Å². The molecule has 0 aliphatic carbocycles. The molecule has 27 heavy (non-hydrogen) atoms. The number of rotatable bonds is 4. The summed E-state index contributed by atoms with van der Waals surface area (Å²) in [7, 11) is 0. The smallest absolute Gasteiger partial charge is 0.267 e. The van der Waals surface area contributed by atoms with Gasteiger partial charge in [-0.05, 0) is 48.9 Å². The van der Waals surface area contributed by atoms with E-state index in [0.29, 0.717) is 17.0 Å². The molecule has 4 aromatic rings. The number of carbonyl (C=O) groups excluding carboxylic acids is 1. The summed E-state index contributed by atoms with van der Waals surface area (Å²) in [5.41, 5.74) is 3.19. The predicted octanol–water partition coefficient (Wildman–Crippen LogP) is 4.98. The van der Waals surface area contributed by atoms with Crippen LogP contribution in [0.1, 0.15) is 25.9 Å². The maximum absolute atomic E-state index is 13.0. The highest BCUT2D eigenvalue weighted by molar-refractivity contribution is 7.14. The van der Waals surface area contributed by atoms with Gasteiger partial charge in [0.1, 0.15) is 10.7 Å². The van der Waals surface area contributed by atoms with Crippen molar-refractivity contribution in [2.24, 2.45) is 0 Å². The third-order valence-corrected chi connectivity index (χ3v) is 5.37. The monoisotopic (exact) mass is 377 g/mol. The molecule has 134 valence electrons. The number of fused-ring (bicyclic) bond motifs is 1. The second kappa shape index (κ2) is 7.25. The number of nitrogens with zero attached hydrogens (tertiary/aromatic N) is 2. The summed E-state index contributed by atoms with van der Waals surface area (Å²) >= 11 is 1.36. The van der Waals surface area contributed by atoms with Crippen LogP contribution in [0.3, 0.4) is 0 Å². The summed E-state index contributed by atoms with van der Waals surface area (Å²) in [6.07, 6.45) is 2.29. The van der Waals surface area contributed by atoms with Crippen molar-refractivity contribution in [1.82, 2.24) is 9.97 Å². The number of aromatic nitrogens is 2. The molecule has 0 bridgehead atoms. The van der Waals surface area contributed by atoms with Crippen molar-refractivity contribution in [1.29, 1.82) is 0 Å². The third-order valence-electron chi connectivity index (χ3n) is 4.21. The molecule has 0 saturated heterocycles. The maximum atomic E-state index is 13.0. The number of hydrogen-bond donors (Lipinski definition) is 1. The Hall–Kier alpha value is -3.12. The van der Waals surface area contributed by atoms with Gasteiger partial charge in [-0.15, -0.1) is 11.3 Å². The Kier molecular flexibility index (Phi) is 4.64. The molecule has 0 aliphatic rings. The standard InChI is InChI=1S/C21H16FN3OS/c1-13-20(27-19(24-13)12-14-7-9-15(22)10-8-14)21(26)25-18-6-2-5-17-16(18)4-3-11-23-17/h2-11H,12H2,1H3,(H,25,26). The zero-order valence-corrected chi connectivity index (χ0v) is 15.4. The molecule has 4 nitrogen and oxygen atoms in total. The second-order valence-electron chi connectivity index (χ2n) is 6.16. The van der Waals surface area contributed by atoms with E-state index in [4.69, 9.17) is 0 Å². The van der Waals surface area contributed by atoms with Crippen LogP contribution in [0.4, 0.5) is 10.1 Å². The molecule has 0 atom stereocenters. The van der Waals surface area contributed by atoms with Gasteiger partial charge in [0.05, 0.1) is 21.9 Å². The molecule has 6 heteroatoms. The number of thiazole rings is 1. The van der Waals surface area contributed by atoms with E-state index in [0.717, 1.165) is 27.2 Å². The van der Waals surface area contributed by atoms with Crippen molar-refractivity contribution < 1.29 is 9.18 Å². The molecular weight excluding hydrogens is 361 g/mol. The second-order valence-corrected chi connectivity index (χ2v) is 7.24. The first kappa shape index (κ1) is 17.3. The lowest BCUT2D eigenvalue weighted by Gasteiger charge is -2.07. The first-order valence-corrected chi connectivity index (χ1v) is 9.27. The molecular formula is C21H16FN3OS. The van der Waals surface area contributed by atoms with Crippen LogP contribution >= 0.6 is 11.3 Å². The summed E-state index contributed by atoms with van der Waals surface area (Å²) in [6.45, 7) is 1.82. The molecule has 0 unspecified atom stereocenters. The highest BCUT2D eigenvalue weighted by Crippen LogP contribution is 2.25. The van der Waals surface area contributed by atoms with Crippen LogP contribution in [0.5, 0.6) is 0 Å². The summed E-state index contributed by atoms with van der Waals surface area (Å²) < 4.78 is 13.0. The quantitative estimate of drug-likeness (QED) is 0.546. The Balaban J connectivity index is 1.57. The van der Waals surface area contributed by atoms with Crippen LogP contribution in [0, 0.1) is 12.7 Å². The fourth-order valence-electron chi connectivity index (χ4n) is 2.91. The molecule has 2 aromatic carbocycles. The van der Waals surface area contributed by atoms with Crippen LogP contribution < -0.4 is 5.32 Å². The van der Waals surface area contributed by atoms with E-state index in [1.54, 1.807) is 18.3 Å². The van der Waals surface area contributed by atoms with Gasteiger partial charge >= 0.3 is 0 Å². The number of benzene rings is 2. The summed E-state index contributed by atoms with van der Waals surface area (Å²) in [4.78, 5) is 22.2. The number of carbonyl (C=O) groups is 1. The van der Waals surface area contributed by atoms with Gasteiger partial charge in [0.2, 0.25) is 0 Å². The number of pyridine rings is 1. The maximum Gasteiger partial charge on any atom is 0.267 e. The van der Waals surface area contributed by atoms with Gasteiger partial charge < -0.3 is 5.32 Å². The van der Waals surface area contributed by atoms with Crippen LogP contribution in [0.15, 0.2) is 60.8 Å². The van der Waals surface area contributed by atoms with Crippen LogP contribution in [-0.4, -0.2) is 15.9 Å². The van der Waals surface area contributed by atoms with Gasteiger partial charge in [-0.25, -0.2) is 9.37 Å². The molecule has 1 N–H and O–H groups in total. The Bertz CT molecular complexity index is 1120. The number of halogens is 1. The summed E-state index contributed by atoms with van der Waals surface area (Å²) in [5.74, 6) is -0.453. The number of amides is 1. The fraction of sp³-hybridized carbons (Fsp3) is 0.0952. The van der Waals surface area contributed by atoms with Crippen LogP contribution in [0.2, 0.25) is 0 Å². The van der Waals surface area contributed by atoms with Gasteiger partial charge in [-0.2, -0.15) is 0 Å². The first-order chi connectivity index (χ1) is 13.1. The van der Waals surface area contributed by atoms with Crippen molar-refractivity contribution in [3.8, 4) is 0 Å². The minimum absolute atomic E-state index is 0.188. The van der Waals surface area contributed by atoms with Crippen molar-refractivity contribution in [2.45, 2.75) is 13.3 Å². The van der Waals surface area contributed by atoms with Crippen molar-refractivity contribution in [2.75, 3.05) is 5.32 Å². The molecule has 0 radical (unpaired) electrons. The Morgan fingerprint density at radius 1 is 1.11 bits per heavy atom.